The average Bonchev–Trinajstić information content (AvgIpc) is 2.43. The van der Waals surface area contributed by atoms with Crippen LogP contribution in [0.4, 0.5) is 8.78 Å². The summed E-state index contributed by atoms with van der Waals surface area (Å²) in [6.07, 6.45) is -1.65. The predicted octanol–water partition coefficient (Wildman–Crippen LogP) is 0.308. The minimum Gasteiger partial charge on any atom is -0.382 e. The molecule has 1 aliphatic rings. The molecule has 21 heavy (non-hydrogen) atoms. The monoisotopic (exact) mass is 309 g/mol. The largest absolute Gasteiger partial charge is 0.382 e. The number of unbranched alkanes of at least 4 members (excludes halogenated alkanes) is 1. The van der Waals surface area contributed by atoms with Crippen molar-refractivity contribution in [2.24, 2.45) is 0 Å². The zero-order chi connectivity index (χ0) is 16.5. The van der Waals surface area contributed by atoms with E-state index >= 15 is 0 Å². The van der Waals surface area contributed by atoms with E-state index in [1.165, 1.54) is 0 Å². The Bertz CT molecular complexity index is 419. The Labute approximate surface area is 121 Å². The van der Waals surface area contributed by atoms with Crippen LogP contribution in [0.25, 0.3) is 0 Å². The summed E-state index contributed by atoms with van der Waals surface area (Å²) < 4.78 is 33.5. The lowest BCUT2D eigenvalue weighted by molar-refractivity contribution is -0.330. The molecule has 8 heteroatoms. The van der Waals surface area contributed by atoms with E-state index in [0.29, 0.717) is 12.8 Å². The van der Waals surface area contributed by atoms with E-state index in [9.17, 15) is 28.6 Å². The maximum absolute atomic E-state index is 14.3. The first-order valence-electron chi connectivity index (χ1n) is 6.71. The van der Waals surface area contributed by atoms with Crippen LogP contribution in [0.2, 0.25) is 0 Å². The van der Waals surface area contributed by atoms with E-state index in [0.717, 1.165) is 14.0 Å². The van der Waals surface area contributed by atoms with Crippen LogP contribution in [0.15, 0.2) is 0 Å². The molecule has 1 rings (SSSR count). The van der Waals surface area contributed by atoms with Gasteiger partial charge in [-0.1, -0.05) is 19.8 Å². The van der Waals surface area contributed by atoms with Gasteiger partial charge >= 0.3 is 6.05 Å². The van der Waals surface area contributed by atoms with Crippen molar-refractivity contribution in [2.45, 2.75) is 56.5 Å². The van der Waals surface area contributed by atoms with Crippen LogP contribution in [0.1, 0.15) is 33.1 Å². The topological polar surface area (TPSA) is 87.1 Å². The molecule has 0 radical (unpaired) electrons. The summed E-state index contributed by atoms with van der Waals surface area (Å²) in [4.78, 5) is 22.7. The molecular weight excluding hydrogens is 288 g/mol. The summed E-state index contributed by atoms with van der Waals surface area (Å²) in [6, 6.07) is -3.94. The third-order valence-electron chi connectivity index (χ3n) is 4.10. The zero-order valence-corrected chi connectivity index (χ0v) is 12.3. The van der Waals surface area contributed by atoms with Crippen molar-refractivity contribution in [2.75, 3.05) is 13.7 Å². The molecule has 3 unspecified atom stereocenters. The number of amides is 1. The molecule has 2 N–H and O–H groups in total. The fourth-order valence-electron chi connectivity index (χ4n) is 2.79. The molecule has 0 aromatic heterocycles. The summed E-state index contributed by atoms with van der Waals surface area (Å²) in [7, 11) is 1.05. The molecule has 1 saturated heterocycles. The second-order valence-corrected chi connectivity index (χ2v) is 5.33. The van der Waals surface area contributed by atoms with E-state index in [-0.39, 0.29) is 17.6 Å². The fourth-order valence-corrected chi connectivity index (χ4v) is 2.79. The number of piperidine rings is 1. The van der Waals surface area contributed by atoms with Gasteiger partial charge in [0, 0.05) is 14.0 Å². The highest BCUT2D eigenvalue weighted by atomic mass is 19.3. The minimum atomic E-state index is -3.94. The van der Waals surface area contributed by atoms with Gasteiger partial charge in [-0.15, -0.1) is 0 Å². The number of aldehydes is 1. The molecule has 0 bridgehead atoms. The van der Waals surface area contributed by atoms with Crippen LogP contribution < -0.4 is 0 Å². The second-order valence-electron chi connectivity index (χ2n) is 5.33. The highest BCUT2D eigenvalue weighted by Crippen LogP contribution is 2.46. The lowest BCUT2D eigenvalue weighted by atomic mass is 9.71. The van der Waals surface area contributed by atoms with Crippen molar-refractivity contribution in [3.63, 3.8) is 0 Å². The number of alkyl halides is 2. The maximum atomic E-state index is 14.3. The normalized spacial score (nSPS) is 35.6. The quantitative estimate of drug-likeness (QED) is 0.564. The Morgan fingerprint density at radius 2 is 2.10 bits per heavy atom. The smallest absolute Gasteiger partial charge is 0.356 e. The number of aliphatic hydroxyl groups is 2. The molecule has 1 fully saturated rings. The first kappa shape index (κ1) is 17.9. The Hall–Kier alpha value is -1.12. The Kier molecular flexibility index (Phi) is 5.07. The number of aliphatic hydroxyl groups excluding tert-OH is 1. The molecule has 1 heterocycles. The number of ether oxygens (including phenoxy) is 1. The maximum Gasteiger partial charge on any atom is 0.356 e. The Morgan fingerprint density at radius 1 is 1.52 bits per heavy atom. The number of carbonyl (C=O) groups excluding carboxylic acids is 2. The van der Waals surface area contributed by atoms with E-state index in [4.69, 9.17) is 4.74 Å². The van der Waals surface area contributed by atoms with Gasteiger partial charge in [0.05, 0.1) is 6.54 Å². The van der Waals surface area contributed by atoms with Crippen molar-refractivity contribution in [1.82, 2.24) is 4.90 Å². The van der Waals surface area contributed by atoms with Gasteiger partial charge in [-0.05, 0) is 6.42 Å². The Balaban J connectivity index is 3.39. The van der Waals surface area contributed by atoms with E-state index in [2.05, 4.69) is 0 Å². The van der Waals surface area contributed by atoms with Gasteiger partial charge in [0.2, 0.25) is 5.91 Å². The summed E-state index contributed by atoms with van der Waals surface area (Å²) in [5.41, 5.74) is -4.58. The van der Waals surface area contributed by atoms with Gasteiger partial charge in [0.15, 0.2) is 18.0 Å². The number of β-amino-alcohol motifs (C(OH)–C–C–N with tert-alkyl or cyclic N) is 1. The number of carbonyl (C=O) groups is 2. The van der Waals surface area contributed by atoms with Crippen molar-refractivity contribution in [3.8, 4) is 0 Å². The van der Waals surface area contributed by atoms with Gasteiger partial charge in [0.1, 0.15) is 5.60 Å². The standard InChI is InChI=1S/C13H21F2NO5/c1-4-5-6-12(21-3)10(19)13(14,15)16(9(2)18)7-11(12,20)8-17/h8,10,19-20H,4-7H2,1-3H3. The third kappa shape index (κ3) is 2.56. The molecule has 6 nitrogen and oxygen atoms in total. The number of nitrogens with zero attached hydrogens (tertiary/aromatic N) is 1. The SMILES string of the molecule is CCCCC1(OC)C(O)C(F)(F)N(C(C)=O)CC1(O)C=O. The molecule has 0 aromatic rings. The van der Waals surface area contributed by atoms with E-state index < -0.39 is 35.8 Å². The van der Waals surface area contributed by atoms with E-state index in [1.54, 1.807) is 6.92 Å². The number of methoxy groups -OCH3 is 1. The highest BCUT2D eigenvalue weighted by Gasteiger charge is 2.70. The zero-order valence-electron chi connectivity index (χ0n) is 12.3. The lowest BCUT2D eigenvalue weighted by Crippen LogP contribution is -2.79. The number of halogens is 2. The molecule has 1 aliphatic heterocycles. The second kappa shape index (κ2) is 5.94. The van der Waals surface area contributed by atoms with Crippen LogP contribution in [0.3, 0.4) is 0 Å². The van der Waals surface area contributed by atoms with Crippen LogP contribution in [-0.4, -0.2) is 64.3 Å². The van der Waals surface area contributed by atoms with Crippen LogP contribution >= 0.6 is 0 Å². The van der Waals surface area contributed by atoms with Crippen molar-refractivity contribution < 1.29 is 33.3 Å². The van der Waals surface area contributed by atoms with Crippen LogP contribution in [0, 0.1) is 0 Å². The molecule has 122 valence electrons. The predicted molar refractivity (Wildman–Crippen MR) is 68.6 cm³/mol. The summed E-state index contributed by atoms with van der Waals surface area (Å²) in [5, 5.41) is 20.5. The van der Waals surface area contributed by atoms with Gasteiger partial charge in [0.25, 0.3) is 0 Å². The van der Waals surface area contributed by atoms with Crippen molar-refractivity contribution >= 4 is 12.2 Å². The highest BCUT2D eigenvalue weighted by molar-refractivity contribution is 5.76. The third-order valence-corrected chi connectivity index (χ3v) is 4.10. The number of rotatable bonds is 5. The van der Waals surface area contributed by atoms with Gasteiger partial charge < -0.3 is 14.9 Å². The molecule has 0 spiro atoms. The van der Waals surface area contributed by atoms with Crippen LogP contribution in [0.5, 0.6) is 0 Å². The molecule has 1 amide bonds. The number of hydrogen-bond acceptors (Lipinski definition) is 5. The number of hydrogen-bond donors (Lipinski definition) is 2. The van der Waals surface area contributed by atoms with Crippen LogP contribution in [-0.2, 0) is 14.3 Å². The van der Waals surface area contributed by atoms with Crippen molar-refractivity contribution in [1.29, 1.82) is 0 Å². The lowest BCUT2D eigenvalue weighted by Gasteiger charge is -2.55. The molecule has 0 aliphatic carbocycles. The molecule has 0 saturated carbocycles. The minimum absolute atomic E-state index is 0.00468. The van der Waals surface area contributed by atoms with Gasteiger partial charge in [-0.25, -0.2) is 0 Å². The average molecular weight is 309 g/mol. The first-order chi connectivity index (χ1) is 9.63. The molecule has 3 atom stereocenters. The number of likely N-dealkylation sites (tertiary alicyclic amines) is 1. The summed E-state index contributed by atoms with van der Waals surface area (Å²) in [6.45, 7) is 1.73. The Morgan fingerprint density at radius 3 is 2.48 bits per heavy atom. The van der Waals surface area contributed by atoms with E-state index in [1.807, 2.05) is 0 Å². The summed E-state index contributed by atoms with van der Waals surface area (Å²) in [5.74, 6) is -1.06. The summed E-state index contributed by atoms with van der Waals surface area (Å²) >= 11 is 0. The molecule has 0 aromatic carbocycles. The van der Waals surface area contributed by atoms with Gasteiger partial charge in [-0.2, -0.15) is 8.78 Å². The fraction of sp³-hybridized carbons (Fsp3) is 0.846. The molecular formula is C13H21F2NO5. The van der Waals surface area contributed by atoms with Crippen molar-refractivity contribution in [3.05, 3.63) is 0 Å². The first-order valence-corrected chi connectivity index (χ1v) is 6.71. The van der Waals surface area contributed by atoms with Gasteiger partial charge in [-0.3, -0.25) is 14.5 Å².